The molecule has 1 heterocycles. The minimum atomic E-state index is -4.14. The minimum absolute atomic E-state index is 0.0872. The van der Waals surface area contributed by atoms with Gasteiger partial charge in [-0.15, -0.1) is 0 Å². The molecule has 5 nitrogen and oxygen atoms in total. The van der Waals surface area contributed by atoms with Crippen LogP contribution in [0.15, 0.2) is 35.5 Å². The van der Waals surface area contributed by atoms with Gasteiger partial charge < -0.3 is 5.32 Å². The molecular weight excluding hydrogens is 300 g/mol. The van der Waals surface area contributed by atoms with Crippen molar-refractivity contribution in [3.8, 4) is 0 Å². The van der Waals surface area contributed by atoms with Gasteiger partial charge in [-0.2, -0.15) is 8.42 Å². The molecule has 112 valence electrons. The average Bonchev–Trinajstić information content (AvgIpc) is 2.44. The first-order valence-corrected chi connectivity index (χ1v) is 7.44. The zero-order valence-corrected chi connectivity index (χ0v) is 12.1. The molecule has 0 atom stereocenters. The fraction of sp³-hybridized carbons (Fsp3) is 0.154. The number of aromatic nitrogens is 1. The third-order valence-corrected chi connectivity index (χ3v) is 4.11. The number of hydrogen-bond acceptors (Lipinski definition) is 4. The van der Waals surface area contributed by atoms with Crippen LogP contribution in [-0.4, -0.2) is 20.4 Å². The lowest BCUT2D eigenvalue weighted by molar-refractivity contribution is 0.589. The molecule has 8 heteroatoms. The second-order valence-corrected chi connectivity index (χ2v) is 5.89. The van der Waals surface area contributed by atoms with Crippen LogP contribution in [0.5, 0.6) is 0 Å². The molecule has 0 spiro atoms. The predicted octanol–water partition coefficient (Wildman–Crippen LogP) is 2.51. The molecule has 0 bridgehead atoms. The second kappa shape index (κ2) is 5.65. The van der Waals surface area contributed by atoms with Gasteiger partial charge in [-0.3, -0.25) is 4.72 Å². The van der Waals surface area contributed by atoms with E-state index >= 15 is 0 Å². The Morgan fingerprint density at radius 1 is 1.14 bits per heavy atom. The molecule has 1 aromatic heterocycles. The Balaban J connectivity index is 2.45. The van der Waals surface area contributed by atoms with Crippen LogP contribution in [0, 0.1) is 18.6 Å². The Hall–Kier alpha value is -2.22. The number of anilines is 2. The van der Waals surface area contributed by atoms with Gasteiger partial charge in [0, 0.05) is 19.3 Å². The molecule has 0 unspecified atom stereocenters. The first-order chi connectivity index (χ1) is 9.85. The van der Waals surface area contributed by atoms with E-state index in [9.17, 15) is 17.2 Å². The third kappa shape index (κ3) is 3.10. The number of benzene rings is 1. The number of halogens is 2. The van der Waals surface area contributed by atoms with Crippen molar-refractivity contribution in [2.75, 3.05) is 17.1 Å². The summed E-state index contributed by atoms with van der Waals surface area (Å²) in [5.41, 5.74) is -0.131. The third-order valence-electron chi connectivity index (χ3n) is 2.79. The Kier molecular flexibility index (Phi) is 4.08. The zero-order valence-electron chi connectivity index (χ0n) is 11.3. The predicted molar refractivity (Wildman–Crippen MR) is 75.7 cm³/mol. The number of sulfonamides is 1. The highest BCUT2D eigenvalue weighted by molar-refractivity contribution is 7.92. The first-order valence-electron chi connectivity index (χ1n) is 5.96. The van der Waals surface area contributed by atoms with E-state index in [1.165, 1.54) is 26.2 Å². The van der Waals surface area contributed by atoms with Crippen molar-refractivity contribution in [1.82, 2.24) is 4.98 Å². The molecule has 0 amide bonds. The highest BCUT2D eigenvalue weighted by Gasteiger charge is 2.22. The summed E-state index contributed by atoms with van der Waals surface area (Å²) in [6.45, 7) is 1.38. The minimum Gasteiger partial charge on any atom is -0.386 e. The number of nitrogens with one attached hydrogen (secondary N) is 2. The summed E-state index contributed by atoms with van der Waals surface area (Å²) in [6.07, 6.45) is 1.29. The van der Waals surface area contributed by atoms with Crippen molar-refractivity contribution >= 4 is 21.4 Å². The standard InChI is InChI=1S/C13H13F2N3O2S/c1-8-6-10(15)12(7-9(8)14)18-21(19,20)13-11(16-2)4-3-5-17-13/h3-7,16,18H,1-2H3. The normalized spacial score (nSPS) is 11.2. The monoisotopic (exact) mass is 313 g/mol. The van der Waals surface area contributed by atoms with Crippen molar-refractivity contribution in [3.05, 3.63) is 47.7 Å². The van der Waals surface area contributed by atoms with Crippen LogP contribution in [-0.2, 0) is 10.0 Å². The maximum absolute atomic E-state index is 13.7. The summed E-state index contributed by atoms with van der Waals surface area (Å²) in [5, 5.41) is 2.37. The van der Waals surface area contributed by atoms with Crippen molar-refractivity contribution < 1.29 is 17.2 Å². The molecule has 0 saturated carbocycles. The molecule has 21 heavy (non-hydrogen) atoms. The number of rotatable bonds is 4. The molecule has 0 fully saturated rings. The summed E-state index contributed by atoms with van der Waals surface area (Å²) in [6, 6.07) is 4.78. The van der Waals surface area contributed by atoms with Crippen molar-refractivity contribution in [2.24, 2.45) is 0 Å². The highest BCUT2D eigenvalue weighted by atomic mass is 32.2. The summed E-state index contributed by atoms with van der Waals surface area (Å²) in [5.74, 6) is -1.57. The molecular formula is C13H13F2N3O2S. The van der Waals surface area contributed by atoms with Crippen molar-refractivity contribution in [2.45, 2.75) is 11.9 Å². The Labute approximate surface area is 121 Å². The Morgan fingerprint density at radius 3 is 2.52 bits per heavy atom. The van der Waals surface area contributed by atoms with Gasteiger partial charge in [0.25, 0.3) is 10.0 Å². The van der Waals surface area contributed by atoms with Gasteiger partial charge in [-0.05, 0) is 30.7 Å². The van der Waals surface area contributed by atoms with Gasteiger partial charge >= 0.3 is 0 Å². The fourth-order valence-electron chi connectivity index (χ4n) is 1.71. The molecule has 0 aliphatic carbocycles. The lowest BCUT2D eigenvalue weighted by Gasteiger charge is -2.12. The first kappa shape index (κ1) is 15.2. The number of pyridine rings is 1. The SMILES string of the molecule is CNc1cccnc1S(=O)(=O)Nc1cc(F)c(C)cc1F. The van der Waals surface area contributed by atoms with E-state index < -0.39 is 27.3 Å². The number of nitrogens with zero attached hydrogens (tertiary/aromatic N) is 1. The van der Waals surface area contributed by atoms with Crippen LogP contribution in [0.4, 0.5) is 20.2 Å². The van der Waals surface area contributed by atoms with Gasteiger partial charge in [0.05, 0.1) is 11.4 Å². The molecule has 0 aliphatic heterocycles. The highest BCUT2D eigenvalue weighted by Crippen LogP contribution is 2.24. The van der Waals surface area contributed by atoms with E-state index in [2.05, 4.69) is 10.3 Å². The van der Waals surface area contributed by atoms with Gasteiger partial charge in [0.15, 0.2) is 5.03 Å². The van der Waals surface area contributed by atoms with E-state index in [4.69, 9.17) is 0 Å². The Bertz CT molecular complexity index is 779. The average molecular weight is 313 g/mol. The second-order valence-electron chi connectivity index (χ2n) is 4.29. The summed E-state index contributed by atoms with van der Waals surface area (Å²) < 4.78 is 53.6. The summed E-state index contributed by atoms with van der Waals surface area (Å²) in [7, 11) is -2.61. The van der Waals surface area contributed by atoms with Crippen LogP contribution in [0.3, 0.4) is 0 Å². The summed E-state index contributed by atoms with van der Waals surface area (Å²) >= 11 is 0. The molecule has 2 aromatic rings. The van der Waals surface area contributed by atoms with Crippen LogP contribution in [0.1, 0.15) is 5.56 Å². The van der Waals surface area contributed by atoms with Crippen LogP contribution < -0.4 is 10.0 Å². The lowest BCUT2D eigenvalue weighted by atomic mass is 10.2. The van der Waals surface area contributed by atoms with Gasteiger partial charge in [0.1, 0.15) is 11.6 Å². The van der Waals surface area contributed by atoms with Crippen LogP contribution in [0.2, 0.25) is 0 Å². The molecule has 2 N–H and O–H groups in total. The van der Waals surface area contributed by atoms with Crippen LogP contribution >= 0.6 is 0 Å². The quantitative estimate of drug-likeness (QED) is 0.910. The summed E-state index contributed by atoms with van der Waals surface area (Å²) in [4.78, 5) is 3.76. The van der Waals surface area contributed by atoms with E-state index in [1.54, 1.807) is 6.07 Å². The van der Waals surface area contributed by atoms with E-state index in [0.717, 1.165) is 12.1 Å². The van der Waals surface area contributed by atoms with Crippen molar-refractivity contribution in [1.29, 1.82) is 0 Å². The van der Waals surface area contributed by atoms with Gasteiger partial charge in [0.2, 0.25) is 0 Å². The fourth-order valence-corrected chi connectivity index (χ4v) is 2.91. The van der Waals surface area contributed by atoms with Crippen LogP contribution in [0.25, 0.3) is 0 Å². The molecule has 1 aromatic carbocycles. The molecule has 0 saturated heterocycles. The van der Waals surface area contributed by atoms with E-state index in [0.29, 0.717) is 0 Å². The molecule has 0 radical (unpaired) electrons. The smallest absolute Gasteiger partial charge is 0.281 e. The maximum atomic E-state index is 13.7. The van der Waals surface area contributed by atoms with Gasteiger partial charge in [-0.1, -0.05) is 0 Å². The van der Waals surface area contributed by atoms with E-state index in [1.807, 2.05) is 4.72 Å². The van der Waals surface area contributed by atoms with Crippen molar-refractivity contribution in [3.63, 3.8) is 0 Å². The van der Waals surface area contributed by atoms with E-state index in [-0.39, 0.29) is 16.3 Å². The lowest BCUT2D eigenvalue weighted by Crippen LogP contribution is -2.17. The molecule has 0 aliphatic rings. The van der Waals surface area contributed by atoms with Gasteiger partial charge in [-0.25, -0.2) is 13.8 Å². The maximum Gasteiger partial charge on any atom is 0.281 e. The topological polar surface area (TPSA) is 71.1 Å². The number of aryl methyl sites for hydroxylation is 1. The largest absolute Gasteiger partial charge is 0.386 e. The Morgan fingerprint density at radius 2 is 1.86 bits per heavy atom. The molecule has 2 rings (SSSR count). The number of hydrogen-bond donors (Lipinski definition) is 2. The zero-order chi connectivity index (χ0) is 15.6.